The van der Waals surface area contributed by atoms with Crippen molar-refractivity contribution in [1.82, 2.24) is 0 Å². The molecular weight excluding hydrogens is 238 g/mol. The monoisotopic (exact) mass is 251 g/mol. The van der Waals surface area contributed by atoms with Gasteiger partial charge in [0.25, 0.3) is 5.69 Å². The van der Waals surface area contributed by atoms with E-state index in [4.69, 9.17) is 4.74 Å². The van der Waals surface area contributed by atoms with Gasteiger partial charge in [0, 0.05) is 12.1 Å². The highest BCUT2D eigenvalue weighted by molar-refractivity contribution is 5.93. The van der Waals surface area contributed by atoms with Crippen molar-refractivity contribution in [2.24, 2.45) is 0 Å². The van der Waals surface area contributed by atoms with Gasteiger partial charge in [-0.1, -0.05) is 0 Å². The van der Waals surface area contributed by atoms with E-state index in [9.17, 15) is 14.9 Å². The van der Waals surface area contributed by atoms with Gasteiger partial charge < -0.3 is 9.47 Å². The van der Waals surface area contributed by atoms with Crippen LogP contribution in [0.1, 0.15) is 29.6 Å². The Hall–Kier alpha value is -2.11. The Morgan fingerprint density at radius 1 is 1.44 bits per heavy atom. The van der Waals surface area contributed by atoms with Crippen LogP contribution < -0.4 is 4.74 Å². The summed E-state index contributed by atoms with van der Waals surface area (Å²) in [6.07, 6.45) is 3.08. The number of nitrogens with zero attached hydrogens (tertiary/aromatic N) is 1. The van der Waals surface area contributed by atoms with Crippen LogP contribution in [0.4, 0.5) is 5.69 Å². The zero-order valence-corrected chi connectivity index (χ0v) is 9.92. The van der Waals surface area contributed by atoms with Crippen LogP contribution in [0.2, 0.25) is 0 Å². The molecule has 0 unspecified atom stereocenters. The Morgan fingerprint density at radius 2 is 2.17 bits per heavy atom. The van der Waals surface area contributed by atoms with Gasteiger partial charge in [0.05, 0.1) is 18.1 Å². The van der Waals surface area contributed by atoms with Crippen LogP contribution in [0.15, 0.2) is 18.2 Å². The third kappa shape index (κ3) is 2.42. The molecule has 1 aliphatic carbocycles. The van der Waals surface area contributed by atoms with E-state index in [1.54, 1.807) is 0 Å². The molecule has 0 aliphatic heterocycles. The number of nitro benzene ring substituents is 1. The smallest absolute Gasteiger partial charge is 0.341 e. The van der Waals surface area contributed by atoms with Gasteiger partial charge in [-0.25, -0.2) is 4.79 Å². The van der Waals surface area contributed by atoms with Crippen molar-refractivity contribution in [3.63, 3.8) is 0 Å². The van der Waals surface area contributed by atoms with Crippen molar-refractivity contribution in [3.05, 3.63) is 33.9 Å². The second-order valence-electron chi connectivity index (χ2n) is 4.10. The maximum atomic E-state index is 11.6. The van der Waals surface area contributed by atoms with Crippen molar-refractivity contribution in [1.29, 1.82) is 0 Å². The van der Waals surface area contributed by atoms with Gasteiger partial charge in [-0.15, -0.1) is 0 Å². The number of hydrogen-bond acceptors (Lipinski definition) is 5. The first kappa shape index (κ1) is 12.3. The summed E-state index contributed by atoms with van der Waals surface area (Å²) in [4.78, 5) is 21.7. The summed E-state index contributed by atoms with van der Waals surface area (Å²) in [7, 11) is 1.23. The molecule has 0 spiro atoms. The normalized spacial score (nSPS) is 14.7. The number of rotatable bonds is 4. The number of non-ortho nitro benzene ring substituents is 1. The van der Waals surface area contributed by atoms with Gasteiger partial charge in [-0.2, -0.15) is 0 Å². The second kappa shape index (κ2) is 5.03. The Bertz CT molecular complexity index is 481. The Kier molecular flexibility index (Phi) is 3.45. The van der Waals surface area contributed by atoms with E-state index < -0.39 is 10.9 Å². The third-order valence-electron chi connectivity index (χ3n) is 2.93. The van der Waals surface area contributed by atoms with Gasteiger partial charge >= 0.3 is 5.97 Å². The SMILES string of the molecule is COC(=O)c1cc([N+](=O)[O-])ccc1OC1CCC1. The Labute approximate surface area is 104 Å². The average molecular weight is 251 g/mol. The maximum absolute atomic E-state index is 11.6. The number of esters is 1. The number of methoxy groups -OCH3 is 1. The van der Waals surface area contributed by atoms with Crippen LogP contribution in [0.25, 0.3) is 0 Å². The highest BCUT2D eigenvalue weighted by atomic mass is 16.6. The van der Waals surface area contributed by atoms with Crippen molar-refractivity contribution < 1.29 is 19.2 Å². The molecule has 0 heterocycles. The molecular formula is C12H13NO5. The van der Waals surface area contributed by atoms with Crippen molar-refractivity contribution in [3.8, 4) is 5.75 Å². The summed E-state index contributed by atoms with van der Waals surface area (Å²) in [6, 6.07) is 3.95. The summed E-state index contributed by atoms with van der Waals surface area (Å²) < 4.78 is 10.2. The third-order valence-corrected chi connectivity index (χ3v) is 2.93. The Morgan fingerprint density at radius 3 is 2.67 bits per heavy atom. The summed E-state index contributed by atoms with van der Waals surface area (Å²) in [5.41, 5.74) is -0.0602. The molecule has 0 N–H and O–H groups in total. The van der Waals surface area contributed by atoms with Crippen molar-refractivity contribution >= 4 is 11.7 Å². The van der Waals surface area contributed by atoms with Crippen molar-refractivity contribution in [2.45, 2.75) is 25.4 Å². The summed E-state index contributed by atoms with van der Waals surface area (Å²) in [5, 5.41) is 10.7. The van der Waals surface area contributed by atoms with Crippen LogP contribution in [-0.2, 0) is 4.74 Å². The molecule has 96 valence electrons. The predicted molar refractivity (Wildman–Crippen MR) is 62.7 cm³/mol. The van der Waals surface area contributed by atoms with E-state index in [1.807, 2.05) is 0 Å². The van der Waals surface area contributed by atoms with E-state index in [-0.39, 0.29) is 17.4 Å². The van der Waals surface area contributed by atoms with Crippen molar-refractivity contribution in [2.75, 3.05) is 7.11 Å². The van der Waals surface area contributed by atoms with Gasteiger partial charge in [-0.3, -0.25) is 10.1 Å². The van der Waals surface area contributed by atoms with Crippen LogP contribution >= 0.6 is 0 Å². The molecule has 1 aromatic carbocycles. The molecule has 1 aromatic rings. The summed E-state index contributed by atoms with van der Waals surface area (Å²) >= 11 is 0. The number of ether oxygens (including phenoxy) is 2. The van der Waals surface area contributed by atoms with Gasteiger partial charge in [0.1, 0.15) is 11.3 Å². The topological polar surface area (TPSA) is 78.7 Å². The quantitative estimate of drug-likeness (QED) is 0.466. The van der Waals surface area contributed by atoms with E-state index >= 15 is 0 Å². The fourth-order valence-electron chi connectivity index (χ4n) is 1.67. The number of benzene rings is 1. The fourth-order valence-corrected chi connectivity index (χ4v) is 1.67. The lowest BCUT2D eigenvalue weighted by molar-refractivity contribution is -0.384. The maximum Gasteiger partial charge on any atom is 0.341 e. The molecule has 1 saturated carbocycles. The summed E-state index contributed by atoms with van der Waals surface area (Å²) in [5.74, 6) is -0.287. The average Bonchev–Trinajstić information content (AvgIpc) is 2.32. The van der Waals surface area contributed by atoms with E-state index in [1.165, 1.54) is 25.3 Å². The minimum Gasteiger partial charge on any atom is -0.490 e. The zero-order valence-electron chi connectivity index (χ0n) is 9.92. The molecule has 6 heteroatoms. The molecule has 18 heavy (non-hydrogen) atoms. The lowest BCUT2D eigenvalue weighted by Gasteiger charge is -2.27. The van der Waals surface area contributed by atoms with Gasteiger partial charge in [0.2, 0.25) is 0 Å². The second-order valence-corrected chi connectivity index (χ2v) is 4.10. The lowest BCUT2D eigenvalue weighted by Crippen LogP contribution is -2.25. The molecule has 0 amide bonds. The first-order valence-electron chi connectivity index (χ1n) is 5.65. The standard InChI is InChI=1S/C12H13NO5/c1-17-12(14)10-7-8(13(15)16)5-6-11(10)18-9-3-2-4-9/h5-7,9H,2-4H2,1H3. The molecule has 1 fully saturated rings. The van der Waals surface area contributed by atoms with Crippen LogP contribution in [-0.4, -0.2) is 24.1 Å². The van der Waals surface area contributed by atoms with Gasteiger partial charge in [-0.05, 0) is 25.3 Å². The first-order chi connectivity index (χ1) is 8.61. The van der Waals surface area contributed by atoms with E-state index in [0.717, 1.165) is 19.3 Å². The van der Waals surface area contributed by atoms with E-state index in [2.05, 4.69) is 4.74 Å². The van der Waals surface area contributed by atoms with Crippen LogP contribution in [0, 0.1) is 10.1 Å². The summed E-state index contributed by atoms with van der Waals surface area (Å²) in [6.45, 7) is 0. The fraction of sp³-hybridized carbons (Fsp3) is 0.417. The molecule has 6 nitrogen and oxygen atoms in total. The number of carbonyl (C=O) groups is 1. The molecule has 0 radical (unpaired) electrons. The lowest BCUT2D eigenvalue weighted by atomic mass is 9.96. The minimum absolute atomic E-state index is 0.0925. The molecule has 0 atom stereocenters. The molecule has 0 saturated heterocycles. The highest BCUT2D eigenvalue weighted by Crippen LogP contribution is 2.30. The number of carbonyl (C=O) groups excluding carboxylic acids is 1. The number of hydrogen-bond donors (Lipinski definition) is 0. The molecule has 1 aliphatic rings. The molecule has 0 bridgehead atoms. The highest BCUT2D eigenvalue weighted by Gasteiger charge is 2.24. The van der Waals surface area contributed by atoms with Crippen LogP contribution in [0.5, 0.6) is 5.75 Å². The Balaban J connectivity index is 2.31. The molecule has 2 rings (SSSR count). The first-order valence-corrected chi connectivity index (χ1v) is 5.65. The molecule has 0 aromatic heterocycles. The number of nitro groups is 1. The predicted octanol–water partition coefficient (Wildman–Crippen LogP) is 2.31. The van der Waals surface area contributed by atoms with Crippen LogP contribution in [0.3, 0.4) is 0 Å². The van der Waals surface area contributed by atoms with E-state index in [0.29, 0.717) is 5.75 Å². The minimum atomic E-state index is -0.631. The van der Waals surface area contributed by atoms with Gasteiger partial charge in [0.15, 0.2) is 0 Å². The largest absolute Gasteiger partial charge is 0.490 e. The zero-order chi connectivity index (χ0) is 13.1.